The third-order valence-electron chi connectivity index (χ3n) is 8.85. The zero-order valence-corrected chi connectivity index (χ0v) is 33.3. The predicted molar refractivity (Wildman–Crippen MR) is 215 cm³/mol. The van der Waals surface area contributed by atoms with Crippen LogP contribution in [0.1, 0.15) is 51.5 Å². The molecule has 0 bridgehead atoms. The van der Waals surface area contributed by atoms with Crippen LogP contribution in [0.4, 0.5) is 0 Å². The average molecular weight is 834 g/mol. The summed E-state index contributed by atoms with van der Waals surface area (Å²) in [6.45, 7) is 2.41. The Labute approximate surface area is 336 Å². The average Bonchev–Trinajstić information content (AvgIpc) is 3.57. The summed E-state index contributed by atoms with van der Waals surface area (Å²) < 4.78 is 0. The van der Waals surface area contributed by atoms with Crippen molar-refractivity contribution in [3.8, 4) is 0 Å². The topological polar surface area (TPSA) is 326 Å². The molecule has 0 saturated carbocycles. The molecule has 22 heteroatoms. The molecular weight excluding hydrogens is 783 g/mol. The molecule has 2 heterocycles. The van der Waals surface area contributed by atoms with Crippen LogP contribution >= 0.6 is 21.6 Å². The number of rotatable bonds is 11. The normalized spacial score (nSPS) is 22.7. The third-order valence-corrected chi connectivity index (χ3v) is 11.3. The van der Waals surface area contributed by atoms with Crippen molar-refractivity contribution in [2.24, 2.45) is 22.2 Å². The van der Waals surface area contributed by atoms with Crippen molar-refractivity contribution in [2.75, 3.05) is 31.1 Å². The molecule has 1 aromatic carbocycles. The summed E-state index contributed by atoms with van der Waals surface area (Å²) in [6.07, 6.45) is 2.24. The van der Waals surface area contributed by atoms with E-state index in [0.717, 1.165) is 16.5 Å². The van der Waals surface area contributed by atoms with Gasteiger partial charge in [-0.3, -0.25) is 43.3 Å². The summed E-state index contributed by atoms with van der Waals surface area (Å²) in [7, 11) is 2.42. The number of benzene rings is 1. The van der Waals surface area contributed by atoms with E-state index in [0.29, 0.717) is 12.8 Å². The molecule has 1 saturated heterocycles. The van der Waals surface area contributed by atoms with Crippen LogP contribution in [0.2, 0.25) is 0 Å². The van der Waals surface area contributed by atoms with Crippen LogP contribution in [-0.4, -0.2) is 130 Å². The molecule has 1 aliphatic rings. The number of carboxylic acids is 1. The van der Waals surface area contributed by atoms with E-state index in [1.165, 1.54) is 40.3 Å². The Morgan fingerprint density at radius 2 is 1.61 bits per heavy atom. The highest BCUT2D eigenvalue weighted by Crippen LogP contribution is 2.23. The van der Waals surface area contributed by atoms with Crippen molar-refractivity contribution in [2.45, 2.75) is 82.6 Å². The molecule has 1 fully saturated rings. The van der Waals surface area contributed by atoms with Gasteiger partial charge in [-0.15, -0.1) is 0 Å². The van der Waals surface area contributed by atoms with E-state index >= 15 is 0 Å². The van der Waals surface area contributed by atoms with Crippen LogP contribution in [0.25, 0.3) is 10.9 Å². The van der Waals surface area contributed by atoms with Gasteiger partial charge in [0.2, 0.25) is 41.4 Å². The summed E-state index contributed by atoms with van der Waals surface area (Å²) >= 11 is 0. The van der Waals surface area contributed by atoms with Crippen molar-refractivity contribution < 1.29 is 43.5 Å². The van der Waals surface area contributed by atoms with E-state index in [2.05, 4.69) is 36.6 Å². The van der Waals surface area contributed by atoms with E-state index in [1.807, 2.05) is 24.3 Å². The van der Waals surface area contributed by atoms with Gasteiger partial charge in [-0.1, -0.05) is 39.8 Å². The van der Waals surface area contributed by atoms with Crippen molar-refractivity contribution >= 4 is 85.8 Å². The number of carbonyl (C=O) groups excluding carboxylic acids is 7. The first kappa shape index (κ1) is 45.9. The number of aliphatic imine (C=N–C) groups is 1. The largest absolute Gasteiger partial charge is 0.481 e. The van der Waals surface area contributed by atoms with Gasteiger partial charge in [0.1, 0.15) is 30.2 Å². The number of hydrogen-bond acceptors (Lipinski definition) is 11. The van der Waals surface area contributed by atoms with Gasteiger partial charge in [0.15, 0.2) is 5.96 Å². The number of unbranched alkanes of at least 4 members (excludes halogenated alkanes) is 1. The highest BCUT2D eigenvalue weighted by Gasteiger charge is 2.34. The van der Waals surface area contributed by atoms with Crippen molar-refractivity contribution in [1.82, 2.24) is 36.5 Å². The lowest BCUT2D eigenvalue weighted by Crippen LogP contribution is -2.59. The molecule has 57 heavy (non-hydrogen) atoms. The van der Waals surface area contributed by atoms with E-state index in [-0.39, 0.29) is 49.8 Å². The minimum Gasteiger partial charge on any atom is -0.481 e. The molecule has 0 aliphatic carbocycles. The first-order valence-corrected chi connectivity index (χ1v) is 20.7. The highest BCUT2D eigenvalue weighted by molar-refractivity contribution is 8.76. The fourth-order valence-corrected chi connectivity index (χ4v) is 7.93. The predicted octanol–water partition coefficient (Wildman–Crippen LogP) is -1.81. The Bertz CT molecular complexity index is 1800. The molecule has 1 aliphatic heterocycles. The lowest BCUT2D eigenvalue weighted by Gasteiger charge is -2.32. The minimum absolute atomic E-state index is 0.00433. The summed E-state index contributed by atoms with van der Waals surface area (Å²) in [5.41, 5.74) is 18.0. The van der Waals surface area contributed by atoms with Crippen molar-refractivity contribution in [1.29, 1.82) is 0 Å². The van der Waals surface area contributed by atoms with E-state index in [9.17, 15) is 43.5 Å². The number of para-hydroxylation sites is 1. The molecule has 20 nitrogen and oxygen atoms in total. The Morgan fingerprint density at radius 1 is 0.895 bits per heavy atom. The van der Waals surface area contributed by atoms with Crippen LogP contribution in [0.3, 0.4) is 0 Å². The highest BCUT2D eigenvalue weighted by atomic mass is 33.1. The first-order valence-electron chi connectivity index (χ1n) is 18.2. The standard InChI is InChI=1S/C35H51N11O9S2/c1-19-34(55)46(13-10-21-16-40-23-8-4-3-7-22(21)23)20(2)31(52)45-26(30(36)51)18-57-56-14-11-27(47)43-24(9-5-6-12-39-35(37)38)32(53)41-17-28(48)44-25(15-29(49)50)33(54)42-19/h3-4,7-8,16,19-20,24-26,40H,5-6,9-15,17-18H2,1-2H3,(H2,36,51)(H,41,53)(H,42,54)(H,43,47)(H,44,48)(H,45,52)(H,49,50)(H4,37,38,39). The Balaban J connectivity index is 1.87. The Morgan fingerprint density at radius 3 is 2.32 bits per heavy atom. The van der Waals surface area contributed by atoms with Crippen molar-refractivity contribution in [3.05, 3.63) is 36.0 Å². The number of fused-ring (bicyclic) bond motifs is 1. The molecule has 7 amide bonds. The third kappa shape index (κ3) is 15.2. The van der Waals surface area contributed by atoms with Crippen LogP contribution in [0.15, 0.2) is 35.5 Å². The number of aromatic nitrogens is 1. The minimum atomic E-state index is -1.67. The van der Waals surface area contributed by atoms with Gasteiger partial charge < -0.3 is 58.8 Å². The maximum Gasteiger partial charge on any atom is 0.305 e. The summed E-state index contributed by atoms with van der Waals surface area (Å²) in [5, 5.41) is 22.8. The van der Waals surface area contributed by atoms with Crippen molar-refractivity contribution in [3.63, 3.8) is 0 Å². The fourth-order valence-electron chi connectivity index (χ4n) is 5.76. The van der Waals surface area contributed by atoms with Gasteiger partial charge in [0.05, 0.1) is 13.0 Å². The second-order valence-corrected chi connectivity index (χ2v) is 15.9. The monoisotopic (exact) mass is 833 g/mol. The number of carbonyl (C=O) groups is 8. The molecule has 2 aromatic rings. The first-order chi connectivity index (χ1) is 27.1. The molecule has 3 rings (SSSR count). The van der Waals surface area contributed by atoms with Crippen LogP contribution < -0.4 is 43.8 Å². The number of nitrogens with one attached hydrogen (secondary N) is 6. The lowest BCUT2D eigenvalue weighted by molar-refractivity contribution is -0.144. The molecular formula is C35H51N11O9S2. The molecule has 13 N–H and O–H groups in total. The number of aromatic amines is 1. The summed E-state index contributed by atoms with van der Waals surface area (Å²) in [4.78, 5) is 112. The lowest BCUT2D eigenvalue weighted by atomic mass is 10.1. The van der Waals surface area contributed by atoms with Crippen LogP contribution in [0.5, 0.6) is 0 Å². The zero-order valence-electron chi connectivity index (χ0n) is 31.7. The number of nitrogens with zero attached hydrogens (tertiary/aromatic N) is 2. The van der Waals surface area contributed by atoms with Crippen LogP contribution in [-0.2, 0) is 44.8 Å². The van der Waals surface area contributed by atoms with E-state index in [4.69, 9.17) is 17.2 Å². The molecule has 0 spiro atoms. The number of amides is 7. The van der Waals surface area contributed by atoms with Gasteiger partial charge >= 0.3 is 5.97 Å². The fraction of sp³-hybridized carbons (Fsp3) is 0.514. The maximum atomic E-state index is 14.0. The number of carboxylic acid groups (broad SMARTS) is 1. The number of hydrogen-bond donors (Lipinski definition) is 10. The number of aliphatic carboxylic acids is 1. The van der Waals surface area contributed by atoms with Crippen LogP contribution in [0, 0.1) is 0 Å². The molecule has 0 radical (unpaired) electrons. The van der Waals surface area contributed by atoms with E-state index in [1.54, 1.807) is 6.20 Å². The summed E-state index contributed by atoms with van der Waals surface area (Å²) in [5.74, 6) is -6.60. The molecule has 5 unspecified atom stereocenters. The SMILES string of the molecule is CC1NC(=O)C(CC(=O)O)NC(=O)CNC(=O)C(CCCCN=C(N)N)NC(=O)CCSSCC(C(N)=O)NC(=O)C(C)N(CCc2c[nH]c3ccccc23)C1=O. The quantitative estimate of drug-likeness (QED) is 0.0518. The molecule has 1 aromatic heterocycles. The number of primary amides is 1. The smallest absolute Gasteiger partial charge is 0.305 e. The molecule has 312 valence electrons. The number of guanidine groups is 1. The second-order valence-electron chi connectivity index (χ2n) is 13.2. The van der Waals surface area contributed by atoms with Gasteiger partial charge in [-0.05, 0) is 51.2 Å². The van der Waals surface area contributed by atoms with Gasteiger partial charge in [0, 0.05) is 48.1 Å². The Hall–Kier alpha value is -5.51. The van der Waals surface area contributed by atoms with Gasteiger partial charge in [-0.2, -0.15) is 0 Å². The van der Waals surface area contributed by atoms with Gasteiger partial charge in [-0.25, -0.2) is 0 Å². The zero-order chi connectivity index (χ0) is 42.1. The maximum absolute atomic E-state index is 14.0. The summed E-state index contributed by atoms with van der Waals surface area (Å²) in [6, 6.07) is 1.13. The number of nitrogens with two attached hydrogens (primary N) is 3. The number of H-pyrrole nitrogens is 1. The van der Waals surface area contributed by atoms with E-state index < -0.39 is 90.5 Å². The van der Waals surface area contributed by atoms with Gasteiger partial charge in [0.25, 0.3) is 0 Å². The Kier molecular flexibility index (Phi) is 18.4. The second kappa shape index (κ2) is 22.9. The molecule has 5 atom stereocenters.